The Bertz CT molecular complexity index is 768. The van der Waals surface area contributed by atoms with Gasteiger partial charge in [-0.1, -0.05) is 18.2 Å². The minimum atomic E-state index is -1.15. The number of carbonyl (C=O) groups is 3. The van der Waals surface area contributed by atoms with Gasteiger partial charge in [0.1, 0.15) is 0 Å². The van der Waals surface area contributed by atoms with Gasteiger partial charge in [-0.15, -0.1) is 0 Å². The third-order valence-corrected chi connectivity index (χ3v) is 6.24. The van der Waals surface area contributed by atoms with Gasteiger partial charge in [0, 0.05) is 58.2 Å². The number of methoxy groups -OCH3 is 1. The summed E-state index contributed by atoms with van der Waals surface area (Å²) in [4.78, 5) is 42.8. The first-order chi connectivity index (χ1) is 15.0. The molecule has 170 valence electrons. The second kappa shape index (κ2) is 10.5. The van der Waals surface area contributed by atoms with E-state index in [1.54, 1.807) is 10.4 Å². The maximum Gasteiger partial charge on any atom is 0.407 e. The van der Waals surface area contributed by atoms with Crippen LogP contribution in [0.3, 0.4) is 0 Å². The third kappa shape index (κ3) is 5.08. The zero-order chi connectivity index (χ0) is 22.4. The predicted molar refractivity (Wildman–Crippen MR) is 112 cm³/mol. The van der Waals surface area contributed by atoms with Crippen molar-refractivity contribution in [1.29, 1.82) is 0 Å². The van der Waals surface area contributed by atoms with Crippen molar-refractivity contribution in [3.8, 4) is 0 Å². The summed E-state index contributed by atoms with van der Waals surface area (Å²) in [5.74, 6) is -2.60. The van der Waals surface area contributed by atoms with E-state index in [0.29, 0.717) is 26.2 Å². The molecule has 3 rings (SSSR count). The molecule has 3 atom stereocenters. The molecule has 2 saturated heterocycles. The van der Waals surface area contributed by atoms with Crippen LogP contribution >= 0.6 is 0 Å². The fraction of sp³-hybridized carbons (Fsp3) is 0.571. The Kier molecular flexibility index (Phi) is 7.69. The number of benzene rings is 1. The molecule has 2 heterocycles. The largest absolute Gasteiger partial charge is 0.465 e. The number of piperazine rings is 1. The SMILES string of the molecule is COCCC1[C@H](C(=O)NO)[C@@H](C(=O)N2CCN(c3ccccc3)CC2)CCN1C(=O)O. The highest BCUT2D eigenvalue weighted by atomic mass is 16.5. The average molecular weight is 434 g/mol. The Labute approximate surface area is 181 Å². The number of para-hydroxylation sites is 1. The van der Waals surface area contributed by atoms with E-state index in [0.717, 1.165) is 5.69 Å². The van der Waals surface area contributed by atoms with Crippen LogP contribution in [0.2, 0.25) is 0 Å². The molecule has 2 aliphatic heterocycles. The predicted octanol–water partition coefficient (Wildman–Crippen LogP) is 0.862. The van der Waals surface area contributed by atoms with Crippen LogP contribution in [0.25, 0.3) is 0 Å². The van der Waals surface area contributed by atoms with Crippen molar-refractivity contribution in [2.75, 3.05) is 51.3 Å². The van der Waals surface area contributed by atoms with E-state index in [-0.39, 0.29) is 31.9 Å². The summed E-state index contributed by atoms with van der Waals surface area (Å²) >= 11 is 0. The van der Waals surface area contributed by atoms with Crippen molar-refractivity contribution in [2.24, 2.45) is 11.8 Å². The van der Waals surface area contributed by atoms with Crippen molar-refractivity contribution < 1.29 is 29.4 Å². The molecule has 3 N–H and O–H groups in total. The quantitative estimate of drug-likeness (QED) is 0.448. The third-order valence-electron chi connectivity index (χ3n) is 6.24. The molecule has 2 fully saturated rings. The second-order valence-electron chi connectivity index (χ2n) is 7.87. The van der Waals surface area contributed by atoms with Crippen molar-refractivity contribution in [1.82, 2.24) is 15.3 Å². The lowest BCUT2D eigenvalue weighted by Crippen LogP contribution is -2.60. The summed E-state index contributed by atoms with van der Waals surface area (Å²) in [6.45, 7) is 2.77. The van der Waals surface area contributed by atoms with Crippen molar-refractivity contribution in [3.63, 3.8) is 0 Å². The van der Waals surface area contributed by atoms with Gasteiger partial charge in [-0.05, 0) is 25.0 Å². The number of rotatable bonds is 6. The monoisotopic (exact) mass is 434 g/mol. The number of likely N-dealkylation sites (tertiary alicyclic amines) is 1. The van der Waals surface area contributed by atoms with Crippen LogP contribution in [0.4, 0.5) is 10.5 Å². The maximum absolute atomic E-state index is 13.4. The molecule has 0 radical (unpaired) electrons. The molecule has 2 aliphatic rings. The first-order valence-corrected chi connectivity index (χ1v) is 10.5. The summed E-state index contributed by atoms with van der Waals surface area (Å²) < 4.78 is 5.09. The van der Waals surface area contributed by atoms with Gasteiger partial charge >= 0.3 is 6.09 Å². The van der Waals surface area contributed by atoms with Gasteiger partial charge in [0.15, 0.2) is 0 Å². The van der Waals surface area contributed by atoms with Crippen LogP contribution in [0.5, 0.6) is 0 Å². The molecule has 0 aromatic heterocycles. The van der Waals surface area contributed by atoms with Gasteiger partial charge in [-0.25, -0.2) is 10.3 Å². The molecule has 1 aromatic carbocycles. The lowest BCUT2D eigenvalue weighted by molar-refractivity contribution is -0.151. The van der Waals surface area contributed by atoms with Gasteiger partial charge in [0.2, 0.25) is 11.8 Å². The first kappa shape index (κ1) is 22.8. The van der Waals surface area contributed by atoms with Crippen LogP contribution < -0.4 is 10.4 Å². The highest BCUT2D eigenvalue weighted by Gasteiger charge is 2.48. The number of nitrogens with zero attached hydrogens (tertiary/aromatic N) is 3. The summed E-state index contributed by atoms with van der Waals surface area (Å²) in [6, 6.07) is 9.21. The van der Waals surface area contributed by atoms with Gasteiger partial charge < -0.3 is 24.5 Å². The topological polar surface area (TPSA) is 123 Å². The van der Waals surface area contributed by atoms with E-state index in [1.807, 2.05) is 30.3 Å². The second-order valence-corrected chi connectivity index (χ2v) is 7.87. The smallest absolute Gasteiger partial charge is 0.407 e. The summed E-state index contributed by atoms with van der Waals surface area (Å²) in [7, 11) is 1.49. The Balaban J connectivity index is 1.74. The summed E-state index contributed by atoms with van der Waals surface area (Å²) in [6.07, 6.45) is -0.669. The molecule has 10 nitrogen and oxygen atoms in total. The molecule has 0 aliphatic carbocycles. The van der Waals surface area contributed by atoms with E-state index in [9.17, 15) is 24.7 Å². The molecule has 31 heavy (non-hydrogen) atoms. The summed E-state index contributed by atoms with van der Waals surface area (Å²) in [5.41, 5.74) is 2.74. The number of ether oxygens (including phenoxy) is 1. The molecular weight excluding hydrogens is 404 g/mol. The molecule has 0 spiro atoms. The van der Waals surface area contributed by atoms with E-state index in [2.05, 4.69) is 4.90 Å². The van der Waals surface area contributed by atoms with Crippen LogP contribution in [-0.2, 0) is 14.3 Å². The molecular formula is C21H30N4O6. The van der Waals surface area contributed by atoms with Crippen molar-refractivity contribution in [3.05, 3.63) is 30.3 Å². The zero-order valence-corrected chi connectivity index (χ0v) is 17.6. The van der Waals surface area contributed by atoms with Crippen LogP contribution in [0, 0.1) is 11.8 Å². The lowest BCUT2D eigenvalue weighted by atomic mass is 9.77. The summed E-state index contributed by atoms with van der Waals surface area (Å²) in [5, 5.41) is 18.9. The Morgan fingerprint density at radius 1 is 1.10 bits per heavy atom. The Hall–Kier alpha value is -2.85. The van der Waals surface area contributed by atoms with Gasteiger partial charge in [0.05, 0.1) is 11.8 Å². The number of carboxylic acid groups (broad SMARTS) is 1. The van der Waals surface area contributed by atoms with Gasteiger partial charge in [-0.3, -0.25) is 14.8 Å². The number of anilines is 1. The zero-order valence-electron chi connectivity index (χ0n) is 17.6. The Morgan fingerprint density at radius 3 is 2.35 bits per heavy atom. The van der Waals surface area contributed by atoms with Crippen molar-refractivity contribution >= 4 is 23.6 Å². The lowest BCUT2D eigenvalue weighted by Gasteiger charge is -2.45. The molecule has 1 aromatic rings. The number of hydrogen-bond acceptors (Lipinski definition) is 6. The number of amides is 3. The standard InChI is InChI=1S/C21H30N4O6/c1-31-14-8-17-18(19(26)22-30)16(7-9-25(17)21(28)29)20(27)24-12-10-23(11-13-24)15-5-3-2-4-6-15/h2-6,16-18,30H,7-14H2,1H3,(H,22,26)(H,28,29)/t16-,17?,18+/m0/s1. The van der Waals surface area contributed by atoms with Gasteiger partial charge in [-0.2, -0.15) is 0 Å². The Morgan fingerprint density at radius 2 is 1.77 bits per heavy atom. The average Bonchev–Trinajstić information content (AvgIpc) is 2.81. The fourth-order valence-corrected chi connectivity index (χ4v) is 4.66. The molecule has 0 bridgehead atoms. The highest BCUT2D eigenvalue weighted by Crippen LogP contribution is 2.33. The molecule has 3 amide bonds. The minimum Gasteiger partial charge on any atom is -0.465 e. The van der Waals surface area contributed by atoms with E-state index in [1.165, 1.54) is 12.0 Å². The minimum absolute atomic E-state index is 0.152. The van der Waals surface area contributed by atoms with Crippen molar-refractivity contribution in [2.45, 2.75) is 18.9 Å². The van der Waals surface area contributed by atoms with Crippen LogP contribution in [0.15, 0.2) is 30.3 Å². The molecule has 10 heteroatoms. The van der Waals surface area contributed by atoms with E-state index < -0.39 is 29.9 Å². The highest BCUT2D eigenvalue weighted by molar-refractivity contribution is 5.89. The normalized spacial score (nSPS) is 24.1. The molecule has 1 unspecified atom stereocenters. The van der Waals surface area contributed by atoms with Crippen LogP contribution in [0.1, 0.15) is 12.8 Å². The van der Waals surface area contributed by atoms with E-state index >= 15 is 0 Å². The maximum atomic E-state index is 13.4. The fourth-order valence-electron chi connectivity index (χ4n) is 4.66. The first-order valence-electron chi connectivity index (χ1n) is 10.5. The van der Waals surface area contributed by atoms with Gasteiger partial charge in [0.25, 0.3) is 0 Å². The number of piperidine rings is 1. The van der Waals surface area contributed by atoms with Crippen LogP contribution in [-0.4, -0.2) is 90.5 Å². The molecule has 0 saturated carbocycles. The number of hydrogen-bond donors (Lipinski definition) is 3. The number of hydroxylamine groups is 1. The number of nitrogens with one attached hydrogen (secondary N) is 1. The van der Waals surface area contributed by atoms with E-state index in [4.69, 9.17) is 4.74 Å². The number of carbonyl (C=O) groups excluding carboxylic acids is 2.